The molecular weight excluding hydrogens is 140 g/mol. The topological polar surface area (TPSA) is 54.2 Å². The number of aromatic nitrogens is 1. The molecular formula is C7H12N4. The van der Waals surface area contributed by atoms with Crippen LogP contribution in [0.15, 0.2) is 18.3 Å². The molecule has 0 saturated heterocycles. The molecule has 0 spiro atoms. The number of hydrogen-bond donors (Lipinski definition) is 2. The smallest absolute Gasteiger partial charge is 0.140 e. The minimum absolute atomic E-state index is 0.675. The average Bonchev–Trinajstić information content (AvgIpc) is 1.93. The molecule has 0 aliphatic carbocycles. The van der Waals surface area contributed by atoms with Crippen molar-refractivity contribution >= 4 is 11.5 Å². The zero-order chi connectivity index (χ0) is 8.27. The van der Waals surface area contributed by atoms with Gasteiger partial charge in [0, 0.05) is 14.1 Å². The number of nitrogens with two attached hydrogens (primary N) is 1. The van der Waals surface area contributed by atoms with Crippen LogP contribution in [-0.4, -0.2) is 24.1 Å². The molecule has 0 saturated carbocycles. The van der Waals surface area contributed by atoms with Crippen molar-refractivity contribution in [3.63, 3.8) is 0 Å². The van der Waals surface area contributed by atoms with Crippen molar-refractivity contribution in [2.45, 2.75) is 0 Å². The molecule has 0 aliphatic rings. The van der Waals surface area contributed by atoms with Crippen LogP contribution in [0.1, 0.15) is 0 Å². The van der Waals surface area contributed by atoms with Crippen LogP contribution < -0.4 is 11.2 Å². The van der Waals surface area contributed by atoms with Gasteiger partial charge in [-0.25, -0.2) is 9.99 Å². The van der Waals surface area contributed by atoms with Crippen LogP contribution in [0.3, 0.4) is 0 Å². The third kappa shape index (κ3) is 2.43. The third-order valence-electron chi connectivity index (χ3n) is 1.12. The molecule has 1 aromatic heterocycles. The Balaban J connectivity index is 2.66. The predicted molar refractivity (Wildman–Crippen MR) is 46.0 cm³/mol. The van der Waals surface area contributed by atoms with Crippen LogP contribution in [0.2, 0.25) is 0 Å². The highest BCUT2D eigenvalue weighted by atomic mass is 15.5. The molecule has 3 N–H and O–H groups in total. The number of pyridine rings is 1. The van der Waals surface area contributed by atoms with Crippen molar-refractivity contribution in [3.05, 3.63) is 18.3 Å². The number of hydrogen-bond acceptors (Lipinski definition) is 4. The van der Waals surface area contributed by atoms with Crippen LogP contribution in [0.4, 0.5) is 11.5 Å². The van der Waals surface area contributed by atoms with Crippen molar-refractivity contribution in [2.75, 3.05) is 25.3 Å². The summed E-state index contributed by atoms with van der Waals surface area (Å²) in [4.78, 5) is 4.04. The van der Waals surface area contributed by atoms with Crippen LogP contribution in [0, 0.1) is 0 Å². The maximum Gasteiger partial charge on any atom is 0.140 e. The fourth-order valence-electron chi connectivity index (χ4n) is 0.701. The minimum Gasteiger partial charge on any atom is -0.397 e. The second-order valence-corrected chi connectivity index (χ2v) is 2.48. The first-order chi connectivity index (χ1) is 5.18. The summed E-state index contributed by atoms with van der Waals surface area (Å²) in [5.74, 6) is 0.796. The molecule has 4 nitrogen and oxygen atoms in total. The minimum atomic E-state index is 0.675. The van der Waals surface area contributed by atoms with E-state index < -0.39 is 0 Å². The summed E-state index contributed by atoms with van der Waals surface area (Å²) in [7, 11) is 3.80. The van der Waals surface area contributed by atoms with Crippen molar-refractivity contribution in [1.29, 1.82) is 0 Å². The number of hydrazine groups is 1. The van der Waals surface area contributed by atoms with Crippen molar-refractivity contribution in [1.82, 2.24) is 9.99 Å². The standard InChI is InChI=1S/C7H12N4/c1-11(2)10-7-4-3-6(8)5-9-7/h3-5H,8H2,1-2H3,(H,9,10). The first-order valence-corrected chi connectivity index (χ1v) is 3.34. The Morgan fingerprint density at radius 1 is 1.45 bits per heavy atom. The summed E-state index contributed by atoms with van der Waals surface area (Å²) in [6, 6.07) is 3.63. The molecule has 0 bridgehead atoms. The molecule has 0 radical (unpaired) electrons. The van der Waals surface area contributed by atoms with Crippen molar-refractivity contribution in [3.8, 4) is 0 Å². The van der Waals surface area contributed by atoms with Gasteiger partial charge in [0.2, 0.25) is 0 Å². The summed E-state index contributed by atoms with van der Waals surface area (Å²) in [5, 5.41) is 1.82. The summed E-state index contributed by atoms with van der Waals surface area (Å²) in [6.07, 6.45) is 1.62. The van der Waals surface area contributed by atoms with Crippen LogP contribution in [0.25, 0.3) is 0 Å². The second kappa shape index (κ2) is 3.21. The van der Waals surface area contributed by atoms with Gasteiger partial charge >= 0.3 is 0 Å². The van der Waals surface area contributed by atoms with Gasteiger partial charge < -0.3 is 11.2 Å². The molecule has 1 rings (SSSR count). The zero-order valence-corrected chi connectivity index (χ0v) is 6.70. The molecule has 1 heterocycles. The average molecular weight is 152 g/mol. The van der Waals surface area contributed by atoms with E-state index in [4.69, 9.17) is 5.73 Å². The summed E-state index contributed by atoms with van der Waals surface area (Å²) >= 11 is 0. The first-order valence-electron chi connectivity index (χ1n) is 3.34. The van der Waals surface area contributed by atoms with Crippen LogP contribution in [-0.2, 0) is 0 Å². The molecule has 0 fully saturated rings. The van der Waals surface area contributed by atoms with E-state index in [1.807, 2.05) is 25.2 Å². The maximum absolute atomic E-state index is 5.45. The van der Waals surface area contributed by atoms with E-state index in [-0.39, 0.29) is 0 Å². The molecule has 4 heteroatoms. The molecule has 0 amide bonds. The van der Waals surface area contributed by atoms with Gasteiger partial charge in [-0.15, -0.1) is 0 Å². The zero-order valence-electron chi connectivity index (χ0n) is 6.70. The fourth-order valence-corrected chi connectivity index (χ4v) is 0.701. The molecule has 11 heavy (non-hydrogen) atoms. The first kappa shape index (κ1) is 7.81. The van der Waals surface area contributed by atoms with E-state index >= 15 is 0 Å². The molecule has 1 aromatic rings. The van der Waals surface area contributed by atoms with E-state index in [0.29, 0.717) is 5.69 Å². The Labute approximate surface area is 66.0 Å². The number of nitrogens with zero attached hydrogens (tertiary/aromatic N) is 2. The highest BCUT2D eigenvalue weighted by Gasteiger charge is 1.92. The van der Waals surface area contributed by atoms with Gasteiger partial charge in [-0.3, -0.25) is 0 Å². The monoisotopic (exact) mass is 152 g/mol. The van der Waals surface area contributed by atoms with E-state index in [1.54, 1.807) is 12.3 Å². The normalized spacial score (nSPS) is 10.1. The Morgan fingerprint density at radius 2 is 2.18 bits per heavy atom. The Kier molecular flexibility index (Phi) is 2.28. The molecule has 0 aromatic carbocycles. The third-order valence-corrected chi connectivity index (χ3v) is 1.12. The van der Waals surface area contributed by atoms with Gasteiger partial charge in [0.25, 0.3) is 0 Å². The van der Waals surface area contributed by atoms with Crippen LogP contribution in [0.5, 0.6) is 0 Å². The Morgan fingerprint density at radius 3 is 2.64 bits per heavy atom. The van der Waals surface area contributed by atoms with Crippen molar-refractivity contribution in [2.24, 2.45) is 0 Å². The lowest BCUT2D eigenvalue weighted by Gasteiger charge is -2.11. The molecule has 0 atom stereocenters. The van der Waals surface area contributed by atoms with Gasteiger partial charge in [-0.2, -0.15) is 0 Å². The van der Waals surface area contributed by atoms with Gasteiger partial charge in [-0.05, 0) is 12.1 Å². The predicted octanol–water partition coefficient (Wildman–Crippen LogP) is 0.552. The Hall–Kier alpha value is -1.29. The van der Waals surface area contributed by atoms with E-state index in [2.05, 4.69) is 10.4 Å². The summed E-state index contributed by atoms with van der Waals surface area (Å²) in [6.45, 7) is 0. The lowest BCUT2D eigenvalue weighted by molar-refractivity contribution is 0.492. The van der Waals surface area contributed by atoms with E-state index in [0.717, 1.165) is 5.82 Å². The number of rotatable bonds is 2. The summed E-state index contributed by atoms with van der Waals surface area (Å²) < 4.78 is 0. The highest BCUT2D eigenvalue weighted by Crippen LogP contribution is 2.05. The number of nitrogen functional groups attached to an aromatic ring is 1. The van der Waals surface area contributed by atoms with Gasteiger partial charge in [0.1, 0.15) is 5.82 Å². The summed E-state index contributed by atoms with van der Waals surface area (Å²) in [5.41, 5.74) is 9.13. The molecule has 60 valence electrons. The lowest BCUT2D eigenvalue weighted by atomic mass is 10.4. The lowest BCUT2D eigenvalue weighted by Crippen LogP contribution is -2.20. The highest BCUT2D eigenvalue weighted by molar-refractivity contribution is 5.42. The van der Waals surface area contributed by atoms with E-state index in [1.165, 1.54) is 0 Å². The molecule has 0 unspecified atom stereocenters. The second-order valence-electron chi connectivity index (χ2n) is 2.48. The van der Waals surface area contributed by atoms with E-state index in [9.17, 15) is 0 Å². The maximum atomic E-state index is 5.45. The number of anilines is 2. The molecule has 0 aliphatic heterocycles. The quantitative estimate of drug-likeness (QED) is 0.608. The Bertz CT molecular complexity index is 216. The number of nitrogens with one attached hydrogen (secondary N) is 1. The van der Waals surface area contributed by atoms with Gasteiger partial charge in [-0.1, -0.05) is 0 Å². The van der Waals surface area contributed by atoms with Gasteiger partial charge in [0.15, 0.2) is 0 Å². The largest absolute Gasteiger partial charge is 0.397 e. The fraction of sp³-hybridized carbons (Fsp3) is 0.286. The SMILES string of the molecule is CN(C)Nc1ccc(N)cn1. The van der Waals surface area contributed by atoms with Crippen LogP contribution >= 0.6 is 0 Å². The van der Waals surface area contributed by atoms with Gasteiger partial charge in [0.05, 0.1) is 11.9 Å². The van der Waals surface area contributed by atoms with Crippen molar-refractivity contribution < 1.29 is 0 Å².